The Hall–Kier alpha value is -2.82. The Kier molecular flexibility index (Phi) is 3.92. The minimum absolute atomic E-state index is 0.113. The van der Waals surface area contributed by atoms with Crippen molar-refractivity contribution in [2.45, 2.75) is 32.6 Å². The second-order valence-corrected chi connectivity index (χ2v) is 6.36. The molecule has 0 fully saturated rings. The first kappa shape index (κ1) is 15.7. The Morgan fingerprint density at radius 3 is 2.76 bits per heavy atom. The van der Waals surface area contributed by atoms with Crippen LogP contribution in [-0.2, 0) is 22.4 Å². The van der Waals surface area contributed by atoms with Gasteiger partial charge in [0.15, 0.2) is 0 Å². The predicted molar refractivity (Wildman–Crippen MR) is 96.3 cm³/mol. The second kappa shape index (κ2) is 6.24. The third-order valence-corrected chi connectivity index (χ3v) is 4.83. The maximum atomic E-state index is 12.4. The zero-order valence-electron chi connectivity index (χ0n) is 14.1. The van der Waals surface area contributed by atoms with Crippen LogP contribution < -0.4 is 5.32 Å². The van der Waals surface area contributed by atoms with Gasteiger partial charge in [0.25, 0.3) is 5.91 Å². The van der Waals surface area contributed by atoms with E-state index in [0.29, 0.717) is 17.9 Å². The highest BCUT2D eigenvalue weighted by Crippen LogP contribution is 2.35. The number of H-pyrrole nitrogens is 1. The average molecular weight is 336 g/mol. The van der Waals surface area contributed by atoms with E-state index in [0.717, 1.165) is 53.8 Å². The van der Waals surface area contributed by atoms with E-state index in [1.54, 1.807) is 6.92 Å². The first-order valence-corrected chi connectivity index (χ1v) is 8.72. The summed E-state index contributed by atoms with van der Waals surface area (Å²) in [5, 5.41) is 2.88. The molecule has 0 bridgehead atoms. The molecule has 4 rings (SSSR count). The van der Waals surface area contributed by atoms with Gasteiger partial charge in [-0.2, -0.15) is 0 Å². The molecule has 0 saturated carbocycles. The molecule has 128 valence electrons. The summed E-state index contributed by atoms with van der Waals surface area (Å²) in [7, 11) is 0. The average Bonchev–Trinajstić information content (AvgIpc) is 3.14. The number of ether oxygens (including phenoxy) is 1. The lowest BCUT2D eigenvalue weighted by Gasteiger charge is -2.13. The van der Waals surface area contributed by atoms with Crippen LogP contribution >= 0.6 is 0 Å². The Morgan fingerprint density at radius 2 is 1.96 bits per heavy atom. The lowest BCUT2D eigenvalue weighted by Crippen LogP contribution is -2.10. The smallest absolute Gasteiger partial charge is 0.355 e. The molecule has 0 radical (unpaired) electrons. The van der Waals surface area contributed by atoms with Crippen LogP contribution in [0, 0.1) is 0 Å². The van der Waals surface area contributed by atoms with Crippen LogP contribution in [0.25, 0.3) is 11.6 Å². The van der Waals surface area contributed by atoms with E-state index in [2.05, 4.69) is 10.3 Å². The zero-order valence-corrected chi connectivity index (χ0v) is 14.1. The van der Waals surface area contributed by atoms with Gasteiger partial charge in [-0.05, 0) is 55.9 Å². The molecule has 0 saturated heterocycles. The van der Waals surface area contributed by atoms with Crippen molar-refractivity contribution in [1.82, 2.24) is 4.98 Å². The molecular weight excluding hydrogens is 316 g/mol. The van der Waals surface area contributed by atoms with Crippen LogP contribution in [-0.4, -0.2) is 23.5 Å². The number of para-hydroxylation sites is 1. The van der Waals surface area contributed by atoms with Gasteiger partial charge in [-0.15, -0.1) is 0 Å². The molecule has 1 amide bonds. The fourth-order valence-corrected chi connectivity index (χ4v) is 3.69. The first-order chi connectivity index (χ1) is 12.2. The minimum Gasteiger partial charge on any atom is -0.461 e. The third kappa shape index (κ3) is 2.65. The lowest BCUT2D eigenvalue weighted by molar-refractivity contribution is -0.110. The second-order valence-electron chi connectivity index (χ2n) is 6.36. The number of fused-ring (bicyclic) bond motifs is 2. The third-order valence-electron chi connectivity index (χ3n) is 4.83. The molecule has 2 aromatic rings. The SMILES string of the molecule is CCOC(=O)c1[nH]c(/C=C2\C(=O)Nc3ccccc32)c2c1CCCC2. The molecule has 1 aromatic carbocycles. The Balaban J connectivity index is 1.81. The number of carbonyl (C=O) groups excluding carboxylic acids is 2. The van der Waals surface area contributed by atoms with Crippen molar-refractivity contribution >= 4 is 29.2 Å². The van der Waals surface area contributed by atoms with E-state index in [-0.39, 0.29) is 11.9 Å². The van der Waals surface area contributed by atoms with Gasteiger partial charge in [0, 0.05) is 16.9 Å². The number of aromatic nitrogens is 1. The molecule has 0 spiro atoms. The number of rotatable bonds is 3. The first-order valence-electron chi connectivity index (χ1n) is 8.72. The number of aromatic amines is 1. The number of amides is 1. The van der Waals surface area contributed by atoms with E-state index in [4.69, 9.17) is 4.74 Å². The van der Waals surface area contributed by atoms with Crippen molar-refractivity contribution in [3.63, 3.8) is 0 Å². The number of nitrogens with one attached hydrogen (secondary N) is 2. The van der Waals surface area contributed by atoms with E-state index in [1.807, 2.05) is 30.3 Å². The summed E-state index contributed by atoms with van der Waals surface area (Å²) in [6.07, 6.45) is 5.80. The van der Waals surface area contributed by atoms with Crippen LogP contribution in [0.2, 0.25) is 0 Å². The molecule has 25 heavy (non-hydrogen) atoms. The molecule has 1 aliphatic heterocycles. The highest BCUT2D eigenvalue weighted by atomic mass is 16.5. The Labute approximate surface area is 146 Å². The molecule has 5 heteroatoms. The number of anilines is 1. The van der Waals surface area contributed by atoms with Gasteiger partial charge in [0.05, 0.1) is 12.2 Å². The van der Waals surface area contributed by atoms with Crippen molar-refractivity contribution < 1.29 is 14.3 Å². The monoisotopic (exact) mass is 336 g/mol. The van der Waals surface area contributed by atoms with E-state index in [9.17, 15) is 9.59 Å². The molecular formula is C20H20N2O3. The van der Waals surface area contributed by atoms with Crippen LogP contribution in [0.1, 0.15) is 52.6 Å². The molecule has 2 N–H and O–H groups in total. The topological polar surface area (TPSA) is 71.2 Å². The molecule has 0 atom stereocenters. The van der Waals surface area contributed by atoms with Gasteiger partial charge in [0.2, 0.25) is 0 Å². The molecule has 2 heterocycles. The zero-order chi connectivity index (χ0) is 17.4. The summed E-state index contributed by atoms with van der Waals surface area (Å²) in [5.41, 5.74) is 5.91. The Bertz CT molecular complexity index is 892. The van der Waals surface area contributed by atoms with Gasteiger partial charge in [-0.25, -0.2) is 4.79 Å². The largest absolute Gasteiger partial charge is 0.461 e. The normalized spacial score (nSPS) is 17.2. The van der Waals surface area contributed by atoms with Crippen molar-refractivity contribution in [1.29, 1.82) is 0 Å². The van der Waals surface area contributed by atoms with Crippen molar-refractivity contribution in [3.8, 4) is 0 Å². The molecule has 1 aliphatic carbocycles. The number of hydrogen-bond donors (Lipinski definition) is 2. The summed E-state index contributed by atoms with van der Waals surface area (Å²) in [6.45, 7) is 2.15. The fourth-order valence-electron chi connectivity index (χ4n) is 3.69. The molecule has 5 nitrogen and oxygen atoms in total. The number of carbonyl (C=O) groups is 2. The summed E-state index contributed by atoms with van der Waals surface area (Å²) in [6, 6.07) is 7.64. The summed E-state index contributed by atoms with van der Waals surface area (Å²) in [5.74, 6) is -0.431. The van der Waals surface area contributed by atoms with Crippen LogP contribution in [0.5, 0.6) is 0 Å². The van der Waals surface area contributed by atoms with Crippen LogP contribution in [0.3, 0.4) is 0 Å². The minimum atomic E-state index is -0.318. The van der Waals surface area contributed by atoms with E-state index in [1.165, 1.54) is 0 Å². The van der Waals surface area contributed by atoms with Gasteiger partial charge in [-0.3, -0.25) is 4.79 Å². The highest BCUT2D eigenvalue weighted by molar-refractivity contribution is 6.34. The molecule has 1 aromatic heterocycles. The predicted octanol–water partition coefficient (Wildman–Crippen LogP) is 3.56. The summed E-state index contributed by atoms with van der Waals surface area (Å²) >= 11 is 0. The molecule has 0 unspecified atom stereocenters. The van der Waals surface area contributed by atoms with Crippen molar-refractivity contribution in [2.24, 2.45) is 0 Å². The van der Waals surface area contributed by atoms with Crippen LogP contribution in [0.4, 0.5) is 5.69 Å². The van der Waals surface area contributed by atoms with E-state index < -0.39 is 0 Å². The summed E-state index contributed by atoms with van der Waals surface area (Å²) in [4.78, 5) is 27.9. The standard InChI is InChI=1S/C20H20N2O3/c1-2-25-20(24)18-14-9-4-3-7-12(14)17(21-18)11-15-13-8-5-6-10-16(13)22-19(15)23/h5-6,8,10-11,21H,2-4,7,9H2,1H3,(H,22,23)/b15-11-. The van der Waals surface area contributed by atoms with Crippen molar-refractivity contribution in [2.75, 3.05) is 11.9 Å². The van der Waals surface area contributed by atoms with E-state index >= 15 is 0 Å². The highest BCUT2D eigenvalue weighted by Gasteiger charge is 2.27. The Morgan fingerprint density at radius 1 is 1.20 bits per heavy atom. The number of hydrogen-bond acceptors (Lipinski definition) is 3. The number of benzene rings is 1. The van der Waals surface area contributed by atoms with Gasteiger partial charge < -0.3 is 15.0 Å². The van der Waals surface area contributed by atoms with Gasteiger partial charge in [-0.1, -0.05) is 18.2 Å². The lowest BCUT2D eigenvalue weighted by atomic mass is 9.91. The van der Waals surface area contributed by atoms with Crippen LogP contribution in [0.15, 0.2) is 24.3 Å². The van der Waals surface area contributed by atoms with Gasteiger partial charge in [0.1, 0.15) is 5.69 Å². The van der Waals surface area contributed by atoms with Gasteiger partial charge >= 0.3 is 5.97 Å². The molecule has 2 aliphatic rings. The maximum absolute atomic E-state index is 12.4. The number of esters is 1. The quantitative estimate of drug-likeness (QED) is 0.665. The maximum Gasteiger partial charge on any atom is 0.355 e. The fraction of sp³-hybridized carbons (Fsp3) is 0.300. The summed E-state index contributed by atoms with van der Waals surface area (Å²) < 4.78 is 5.18. The van der Waals surface area contributed by atoms with Crippen molar-refractivity contribution in [3.05, 3.63) is 52.3 Å².